The first kappa shape index (κ1) is 17.5. The number of carboxylic acids is 1. The Morgan fingerprint density at radius 1 is 1.17 bits per heavy atom. The minimum atomic E-state index is -0.921. The highest BCUT2D eigenvalue weighted by Crippen LogP contribution is 2.09. The molecule has 2 aromatic rings. The largest absolute Gasteiger partial charge is 0.481 e. The number of pyridine rings is 1. The van der Waals surface area contributed by atoms with E-state index in [1.165, 1.54) is 6.07 Å². The van der Waals surface area contributed by atoms with Crippen molar-refractivity contribution in [2.75, 3.05) is 0 Å². The molecule has 1 aromatic carbocycles. The third-order valence-corrected chi connectivity index (χ3v) is 3.67. The summed E-state index contributed by atoms with van der Waals surface area (Å²) in [6, 6.07) is 12.3. The first-order chi connectivity index (χ1) is 11.5. The molecular formula is C18H20N2O4. The van der Waals surface area contributed by atoms with Crippen LogP contribution in [0.5, 0.6) is 0 Å². The third kappa shape index (κ3) is 5.08. The number of amides is 1. The molecule has 1 aromatic heterocycles. The van der Waals surface area contributed by atoms with E-state index in [2.05, 4.69) is 10.3 Å². The molecule has 1 atom stereocenters. The summed E-state index contributed by atoms with van der Waals surface area (Å²) in [4.78, 5) is 37.6. The highest BCUT2D eigenvalue weighted by molar-refractivity contribution is 5.94. The average Bonchev–Trinajstić information content (AvgIpc) is 2.53. The summed E-state index contributed by atoms with van der Waals surface area (Å²) in [5.41, 5.74) is 1.23. The maximum Gasteiger partial charge on any atom is 0.303 e. The van der Waals surface area contributed by atoms with Gasteiger partial charge < -0.3 is 15.4 Å². The molecule has 6 nitrogen and oxygen atoms in total. The molecule has 0 spiro atoms. The lowest BCUT2D eigenvalue weighted by Gasteiger charge is -2.18. The molecule has 126 valence electrons. The van der Waals surface area contributed by atoms with Crippen LogP contribution in [0.3, 0.4) is 0 Å². The van der Waals surface area contributed by atoms with E-state index in [0.29, 0.717) is 18.5 Å². The van der Waals surface area contributed by atoms with Crippen molar-refractivity contribution in [3.8, 4) is 0 Å². The molecule has 0 radical (unpaired) electrons. The van der Waals surface area contributed by atoms with Crippen molar-refractivity contribution in [2.24, 2.45) is 0 Å². The predicted octanol–water partition coefficient (Wildman–Crippen LogP) is 1.89. The van der Waals surface area contributed by atoms with Crippen molar-refractivity contribution in [1.29, 1.82) is 0 Å². The van der Waals surface area contributed by atoms with E-state index >= 15 is 0 Å². The predicted molar refractivity (Wildman–Crippen MR) is 90.1 cm³/mol. The van der Waals surface area contributed by atoms with E-state index < -0.39 is 17.4 Å². The molecule has 6 heteroatoms. The number of hydrogen-bond acceptors (Lipinski definition) is 3. The number of aryl methyl sites for hydroxylation is 1. The highest BCUT2D eigenvalue weighted by Gasteiger charge is 2.17. The van der Waals surface area contributed by atoms with Crippen molar-refractivity contribution >= 4 is 11.9 Å². The second kappa shape index (κ2) is 8.10. The number of hydrogen-bond donors (Lipinski definition) is 3. The maximum atomic E-state index is 12.3. The second-order valence-electron chi connectivity index (χ2n) is 5.68. The fourth-order valence-electron chi connectivity index (χ4n) is 2.44. The molecule has 0 aliphatic heterocycles. The normalized spacial score (nSPS) is 11.7. The molecular weight excluding hydrogens is 308 g/mol. The van der Waals surface area contributed by atoms with E-state index in [1.54, 1.807) is 13.0 Å². The molecule has 24 heavy (non-hydrogen) atoms. The molecule has 1 heterocycles. The minimum Gasteiger partial charge on any atom is -0.481 e. The first-order valence-electron chi connectivity index (χ1n) is 7.72. The number of benzene rings is 1. The fraction of sp³-hybridized carbons (Fsp3) is 0.278. The number of aromatic amines is 1. The topological polar surface area (TPSA) is 99.3 Å². The molecule has 0 saturated carbocycles. The van der Waals surface area contributed by atoms with Crippen LogP contribution in [0.15, 0.2) is 47.3 Å². The van der Waals surface area contributed by atoms with Crippen LogP contribution in [0.1, 0.15) is 34.5 Å². The van der Waals surface area contributed by atoms with Crippen LogP contribution in [0.2, 0.25) is 0 Å². The zero-order valence-electron chi connectivity index (χ0n) is 13.4. The number of H-pyrrole nitrogens is 1. The van der Waals surface area contributed by atoms with E-state index in [0.717, 1.165) is 5.56 Å². The summed E-state index contributed by atoms with van der Waals surface area (Å²) in [5.74, 6) is -1.42. The third-order valence-electron chi connectivity index (χ3n) is 3.67. The average molecular weight is 328 g/mol. The second-order valence-corrected chi connectivity index (χ2v) is 5.68. The number of aromatic nitrogens is 1. The lowest BCUT2D eigenvalue weighted by molar-refractivity contribution is -0.137. The standard InChI is InChI=1S/C18H20N2O4/c1-12-7-9-15(17(23)19-12)18(24)20-14(8-10-16(21)22)11-13-5-3-2-4-6-13/h2-7,9,14H,8,10-11H2,1H3,(H,19,23)(H,20,24)(H,21,22). The van der Waals surface area contributed by atoms with Gasteiger partial charge in [-0.15, -0.1) is 0 Å². The number of carboxylic acid groups (broad SMARTS) is 1. The van der Waals surface area contributed by atoms with Gasteiger partial charge in [0.1, 0.15) is 5.56 Å². The van der Waals surface area contributed by atoms with Crippen molar-refractivity contribution < 1.29 is 14.7 Å². The maximum absolute atomic E-state index is 12.3. The lowest BCUT2D eigenvalue weighted by atomic mass is 10.0. The monoisotopic (exact) mass is 328 g/mol. The molecule has 0 aliphatic carbocycles. The van der Waals surface area contributed by atoms with Crippen molar-refractivity contribution in [3.63, 3.8) is 0 Å². The Kier molecular flexibility index (Phi) is 5.89. The summed E-state index contributed by atoms with van der Waals surface area (Å²) in [5, 5.41) is 11.7. The van der Waals surface area contributed by atoms with Gasteiger partial charge >= 0.3 is 5.97 Å². The molecule has 0 fully saturated rings. The Balaban J connectivity index is 2.12. The summed E-state index contributed by atoms with van der Waals surface area (Å²) < 4.78 is 0. The van der Waals surface area contributed by atoms with Crippen LogP contribution in [0, 0.1) is 6.92 Å². The lowest BCUT2D eigenvalue weighted by Crippen LogP contribution is -2.39. The number of rotatable bonds is 7. The van der Waals surface area contributed by atoms with Crippen LogP contribution in [0.4, 0.5) is 0 Å². The van der Waals surface area contributed by atoms with Gasteiger partial charge in [0.2, 0.25) is 0 Å². The van der Waals surface area contributed by atoms with E-state index in [-0.39, 0.29) is 18.0 Å². The highest BCUT2D eigenvalue weighted by atomic mass is 16.4. The fourth-order valence-corrected chi connectivity index (χ4v) is 2.44. The number of aliphatic carboxylic acids is 1. The van der Waals surface area contributed by atoms with Crippen molar-refractivity contribution in [1.82, 2.24) is 10.3 Å². The van der Waals surface area contributed by atoms with Gasteiger partial charge in [-0.3, -0.25) is 14.4 Å². The SMILES string of the molecule is Cc1ccc(C(=O)NC(CCC(=O)O)Cc2ccccc2)c(=O)[nH]1. The Labute approximate surface area is 139 Å². The minimum absolute atomic E-state index is 0.0222. The van der Waals surface area contributed by atoms with Gasteiger partial charge in [0.05, 0.1) is 0 Å². The summed E-state index contributed by atoms with van der Waals surface area (Å²) in [6.45, 7) is 1.73. The van der Waals surface area contributed by atoms with Crippen LogP contribution in [0.25, 0.3) is 0 Å². The van der Waals surface area contributed by atoms with Crippen molar-refractivity contribution in [2.45, 2.75) is 32.2 Å². The van der Waals surface area contributed by atoms with Gasteiger partial charge in [-0.2, -0.15) is 0 Å². The van der Waals surface area contributed by atoms with Gasteiger partial charge in [0, 0.05) is 18.2 Å². The Bertz CT molecular complexity index is 768. The van der Waals surface area contributed by atoms with Gasteiger partial charge in [-0.05, 0) is 37.5 Å². The van der Waals surface area contributed by atoms with E-state index in [1.807, 2.05) is 30.3 Å². The Morgan fingerprint density at radius 3 is 2.50 bits per heavy atom. The molecule has 0 saturated heterocycles. The van der Waals surface area contributed by atoms with Crippen LogP contribution in [-0.2, 0) is 11.2 Å². The number of nitrogens with one attached hydrogen (secondary N) is 2. The Morgan fingerprint density at radius 2 is 1.88 bits per heavy atom. The molecule has 1 unspecified atom stereocenters. The molecule has 2 rings (SSSR count). The van der Waals surface area contributed by atoms with Crippen LogP contribution >= 0.6 is 0 Å². The van der Waals surface area contributed by atoms with Gasteiger partial charge in [-0.25, -0.2) is 0 Å². The zero-order chi connectivity index (χ0) is 17.5. The quantitative estimate of drug-likeness (QED) is 0.722. The van der Waals surface area contributed by atoms with Crippen LogP contribution < -0.4 is 10.9 Å². The van der Waals surface area contributed by atoms with Gasteiger partial charge in [0.25, 0.3) is 11.5 Å². The summed E-state index contributed by atoms with van der Waals surface area (Å²) >= 11 is 0. The van der Waals surface area contributed by atoms with Gasteiger partial charge in [-0.1, -0.05) is 30.3 Å². The zero-order valence-corrected chi connectivity index (χ0v) is 13.4. The number of carbonyl (C=O) groups is 2. The van der Waals surface area contributed by atoms with E-state index in [9.17, 15) is 14.4 Å². The Hall–Kier alpha value is -2.89. The smallest absolute Gasteiger partial charge is 0.303 e. The number of carbonyl (C=O) groups excluding carboxylic acids is 1. The molecule has 0 bridgehead atoms. The molecule has 1 amide bonds. The summed E-state index contributed by atoms with van der Waals surface area (Å²) in [7, 11) is 0. The molecule has 0 aliphatic rings. The first-order valence-corrected chi connectivity index (χ1v) is 7.72. The van der Waals surface area contributed by atoms with E-state index in [4.69, 9.17) is 5.11 Å². The van der Waals surface area contributed by atoms with Crippen LogP contribution in [-0.4, -0.2) is 28.0 Å². The van der Waals surface area contributed by atoms with Gasteiger partial charge in [0.15, 0.2) is 0 Å². The molecule has 3 N–H and O–H groups in total. The summed E-state index contributed by atoms with van der Waals surface area (Å²) in [6.07, 6.45) is 0.741. The van der Waals surface area contributed by atoms with Crippen molar-refractivity contribution in [3.05, 3.63) is 69.6 Å².